The van der Waals surface area contributed by atoms with E-state index in [1.165, 1.54) is 28.5 Å². The summed E-state index contributed by atoms with van der Waals surface area (Å²) in [6, 6.07) is 8.59. The number of amides is 1. The number of carbonyl (C=O) groups is 1. The fraction of sp³-hybridized carbons (Fsp3) is 0.200. The van der Waals surface area contributed by atoms with E-state index in [9.17, 15) is 9.18 Å². The van der Waals surface area contributed by atoms with Gasteiger partial charge in [-0.05, 0) is 41.5 Å². The van der Waals surface area contributed by atoms with Crippen molar-refractivity contribution in [3.05, 3.63) is 64.2 Å². The molecule has 3 aromatic rings. The number of nitrogens with zero attached hydrogens (tertiary/aromatic N) is 4. The molecule has 29 heavy (non-hydrogen) atoms. The molecule has 2 aromatic heterocycles. The number of carbonyl (C=O) groups excluding carboxylic acids is 1. The van der Waals surface area contributed by atoms with Gasteiger partial charge in [0.05, 0.1) is 24.0 Å². The van der Waals surface area contributed by atoms with E-state index in [1.54, 1.807) is 31.8 Å². The number of alkyl halides is 1. The Morgan fingerprint density at radius 3 is 2.69 bits per heavy atom. The molecule has 148 valence electrons. The van der Waals surface area contributed by atoms with Gasteiger partial charge < -0.3 is 10.5 Å². The molecule has 2 N–H and O–H groups in total. The zero-order valence-electron chi connectivity index (χ0n) is 15.8. The van der Waals surface area contributed by atoms with E-state index in [1.807, 2.05) is 17.5 Å². The minimum Gasteiger partial charge on any atom is -0.497 e. The molecule has 3 heterocycles. The number of pyridine rings is 1. The summed E-state index contributed by atoms with van der Waals surface area (Å²) in [5.41, 5.74) is 9.04. The average molecular weight is 411 g/mol. The van der Waals surface area contributed by atoms with Gasteiger partial charge in [-0.2, -0.15) is 0 Å². The fourth-order valence-corrected chi connectivity index (χ4v) is 3.95. The highest BCUT2D eigenvalue weighted by Crippen LogP contribution is 2.42. The minimum absolute atomic E-state index is 0.0756. The van der Waals surface area contributed by atoms with Gasteiger partial charge in [-0.15, -0.1) is 11.3 Å². The summed E-state index contributed by atoms with van der Waals surface area (Å²) in [4.78, 5) is 27.6. The van der Waals surface area contributed by atoms with Crippen LogP contribution < -0.4 is 10.5 Å². The molecule has 1 unspecified atom stereocenters. The maximum absolute atomic E-state index is 13.4. The molecule has 1 atom stereocenters. The van der Waals surface area contributed by atoms with Crippen LogP contribution in [0, 0.1) is 0 Å². The predicted molar refractivity (Wildman–Crippen MR) is 108 cm³/mol. The Labute approximate surface area is 170 Å². The van der Waals surface area contributed by atoms with Crippen molar-refractivity contribution >= 4 is 23.2 Å². The summed E-state index contributed by atoms with van der Waals surface area (Å²) < 4.78 is 18.8. The van der Waals surface area contributed by atoms with E-state index in [0.717, 1.165) is 11.3 Å². The monoisotopic (exact) mass is 411 g/mol. The van der Waals surface area contributed by atoms with Gasteiger partial charge in [0.15, 0.2) is 11.5 Å². The summed E-state index contributed by atoms with van der Waals surface area (Å²) >= 11 is 1.46. The molecule has 0 spiro atoms. The molecule has 7 nitrogen and oxygen atoms in total. The molecule has 0 radical (unpaired) electrons. The smallest absolute Gasteiger partial charge is 0.266 e. The molecule has 0 bridgehead atoms. The Hall–Kier alpha value is -3.33. The van der Waals surface area contributed by atoms with Crippen LogP contribution in [-0.2, 0) is 17.0 Å². The maximum atomic E-state index is 13.4. The molecule has 1 aliphatic rings. The van der Waals surface area contributed by atoms with Gasteiger partial charge in [-0.25, -0.2) is 14.4 Å². The Morgan fingerprint density at radius 2 is 2.07 bits per heavy atom. The summed E-state index contributed by atoms with van der Waals surface area (Å²) in [6.07, 6.45) is 1.46. The minimum atomic E-state index is -1.47. The maximum Gasteiger partial charge on any atom is 0.266 e. The second-order valence-corrected chi connectivity index (χ2v) is 7.26. The molecule has 0 saturated carbocycles. The lowest BCUT2D eigenvalue weighted by Crippen LogP contribution is -2.41. The largest absolute Gasteiger partial charge is 0.497 e. The lowest BCUT2D eigenvalue weighted by atomic mass is 9.82. The van der Waals surface area contributed by atoms with Crippen molar-refractivity contribution in [2.75, 3.05) is 14.2 Å². The van der Waals surface area contributed by atoms with Crippen molar-refractivity contribution in [1.82, 2.24) is 14.9 Å². The van der Waals surface area contributed by atoms with Gasteiger partial charge in [-0.1, -0.05) is 0 Å². The number of rotatable bonds is 5. The van der Waals surface area contributed by atoms with E-state index < -0.39 is 12.2 Å². The number of guanidine groups is 1. The third-order valence-electron chi connectivity index (χ3n) is 4.90. The molecular formula is C20H18FN5O2S. The SMILES string of the molecule is COc1cc(-c2cscn2)cc(C2(c3ccnc(CF)c3)N=C(N)N(C)C2=O)c1. The zero-order valence-corrected chi connectivity index (χ0v) is 16.6. The number of nitrogens with two attached hydrogens (primary N) is 1. The summed E-state index contributed by atoms with van der Waals surface area (Å²) in [5, 5.41) is 1.90. The van der Waals surface area contributed by atoms with Crippen LogP contribution in [0.15, 0.2) is 52.4 Å². The van der Waals surface area contributed by atoms with Crippen LogP contribution in [0.3, 0.4) is 0 Å². The van der Waals surface area contributed by atoms with Crippen LogP contribution >= 0.6 is 11.3 Å². The van der Waals surface area contributed by atoms with E-state index >= 15 is 0 Å². The quantitative estimate of drug-likeness (QED) is 0.697. The van der Waals surface area contributed by atoms with Crippen molar-refractivity contribution in [1.29, 1.82) is 0 Å². The van der Waals surface area contributed by atoms with Crippen LogP contribution in [-0.4, -0.2) is 40.9 Å². The average Bonchev–Trinajstić information content (AvgIpc) is 3.37. The van der Waals surface area contributed by atoms with Gasteiger partial charge in [0, 0.05) is 24.2 Å². The Morgan fingerprint density at radius 1 is 1.24 bits per heavy atom. The van der Waals surface area contributed by atoms with E-state index in [2.05, 4.69) is 15.0 Å². The third-order valence-corrected chi connectivity index (χ3v) is 5.49. The van der Waals surface area contributed by atoms with Crippen molar-refractivity contribution < 1.29 is 13.9 Å². The molecule has 9 heteroatoms. The van der Waals surface area contributed by atoms with E-state index in [0.29, 0.717) is 16.9 Å². The molecule has 1 amide bonds. The normalized spacial score (nSPS) is 18.8. The lowest BCUT2D eigenvalue weighted by molar-refractivity contribution is -0.129. The first kappa shape index (κ1) is 19.0. The van der Waals surface area contributed by atoms with Gasteiger partial charge >= 0.3 is 0 Å². The van der Waals surface area contributed by atoms with Crippen molar-refractivity contribution in [2.24, 2.45) is 10.7 Å². The van der Waals surface area contributed by atoms with E-state index in [4.69, 9.17) is 10.5 Å². The number of aliphatic imine (C=N–C) groups is 1. The fourth-order valence-electron chi connectivity index (χ4n) is 3.39. The van der Waals surface area contributed by atoms with Crippen molar-refractivity contribution in [2.45, 2.75) is 12.2 Å². The number of thiazole rings is 1. The first-order valence-electron chi connectivity index (χ1n) is 8.72. The number of hydrogen-bond donors (Lipinski definition) is 1. The molecule has 0 fully saturated rings. The van der Waals surface area contributed by atoms with Crippen LogP contribution in [0.1, 0.15) is 16.8 Å². The number of benzene rings is 1. The zero-order chi connectivity index (χ0) is 20.6. The van der Waals surface area contributed by atoms with Gasteiger partial charge in [0.25, 0.3) is 5.91 Å². The number of ether oxygens (including phenoxy) is 1. The Balaban J connectivity index is 2.01. The Bertz CT molecular complexity index is 1100. The summed E-state index contributed by atoms with van der Waals surface area (Å²) in [6.45, 7) is -0.755. The summed E-state index contributed by atoms with van der Waals surface area (Å²) in [7, 11) is 3.10. The van der Waals surface area contributed by atoms with Gasteiger partial charge in [0.1, 0.15) is 12.4 Å². The molecule has 1 aromatic carbocycles. The Kier molecular flexibility index (Phi) is 4.75. The molecule has 0 aliphatic carbocycles. The molecule has 1 aliphatic heterocycles. The second-order valence-electron chi connectivity index (χ2n) is 6.54. The van der Waals surface area contributed by atoms with Crippen LogP contribution in [0.5, 0.6) is 5.75 Å². The third kappa shape index (κ3) is 3.03. The second kappa shape index (κ2) is 7.25. The van der Waals surface area contributed by atoms with Crippen LogP contribution in [0.2, 0.25) is 0 Å². The lowest BCUT2D eigenvalue weighted by Gasteiger charge is -2.27. The number of likely N-dealkylation sites (N-methyl/N-ethyl adjacent to an activating group) is 1. The first-order valence-corrected chi connectivity index (χ1v) is 9.67. The number of halogens is 1. The molecular weight excluding hydrogens is 393 g/mol. The first-order chi connectivity index (χ1) is 14.0. The number of aromatic nitrogens is 2. The predicted octanol–water partition coefficient (Wildman–Crippen LogP) is 2.71. The number of hydrogen-bond acceptors (Lipinski definition) is 7. The van der Waals surface area contributed by atoms with E-state index in [-0.39, 0.29) is 17.6 Å². The number of methoxy groups -OCH3 is 1. The highest BCUT2D eigenvalue weighted by Gasteiger charge is 2.50. The highest BCUT2D eigenvalue weighted by atomic mass is 32.1. The van der Waals surface area contributed by atoms with Crippen LogP contribution in [0.4, 0.5) is 4.39 Å². The molecule has 4 rings (SSSR count). The molecule has 0 saturated heterocycles. The van der Waals surface area contributed by atoms with Crippen LogP contribution in [0.25, 0.3) is 11.3 Å². The highest BCUT2D eigenvalue weighted by molar-refractivity contribution is 7.07. The standard InChI is InChI=1S/C20H18FN5O2S/c1-26-18(27)20(25-19(26)22,13-3-4-23-15(7-13)9-21)14-5-12(6-16(8-14)28-2)17-10-29-11-24-17/h3-8,10-11H,9H2,1-2H3,(H2,22,25). The van der Waals surface area contributed by atoms with Gasteiger partial charge in [-0.3, -0.25) is 14.7 Å². The topological polar surface area (TPSA) is 93.7 Å². The van der Waals surface area contributed by atoms with Gasteiger partial charge in [0.2, 0.25) is 0 Å². The van der Waals surface area contributed by atoms with Crippen molar-refractivity contribution in [3.8, 4) is 17.0 Å². The summed E-state index contributed by atoms with van der Waals surface area (Å²) in [5.74, 6) is 0.274. The van der Waals surface area contributed by atoms with Crippen molar-refractivity contribution in [3.63, 3.8) is 0 Å².